The molecule has 68 valence electrons. The Bertz CT molecular complexity index is 345. The first-order chi connectivity index (χ1) is 6.04. The number of rotatable bonds is 2. The maximum absolute atomic E-state index is 10.5. The largest absolute Gasteiger partial charge is 0.478 e. The number of aromatic nitrogens is 1. The van der Waals surface area contributed by atoms with Gasteiger partial charge in [-0.25, -0.2) is 9.59 Å². The summed E-state index contributed by atoms with van der Waals surface area (Å²) < 4.78 is 0. The van der Waals surface area contributed by atoms with Crippen LogP contribution in [0.2, 0.25) is 5.02 Å². The normalized spacial score (nSPS) is 9.62. The van der Waals surface area contributed by atoms with Crippen LogP contribution in [-0.4, -0.2) is 27.1 Å². The van der Waals surface area contributed by atoms with Gasteiger partial charge in [0.1, 0.15) is 0 Å². The van der Waals surface area contributed by atoms with Gasteiger partial charge in [-0.1, -0.05) is 11.6 Å². The summed E-state index contributed by atoms with van der Waals surface area (Å²) in [4.78, 5) is 24.4. The maximum atomic E-state index is 10.5. The van der Waals surface area contributed by atoms with Crippen LogP contribution < -0.4 is 0 Å². The van der Waals surface area contributed by atoms with Crippen molar-refractivity contribution in [2.24, 2.45) is 0 Å². The van der Waals surface area contributed by atoms with Gasteiger partial charge in [0.05, 0.1) is 16.1 Å². The Morgan fingerprint density at radius 1 is 1.15 bits per heavy atom. The minimum absolute atomic E-state index is 0.310. The molecular formula is C7H4ClNO4. The molecule has 0 bridgehead atoms. The van der Waals surface area contributed by atoms with E-state index in [0.29, 0.717) is 0 Å². The van der Waals surface area contributed by atoms with E-state index < -0.39 is 11.9 Å². The van der Waals surface area contributed by atoms with E-state index in [1.807, 2.05) is 0 Å². The van der Waals surface area contributed by atoms with Crippen molar-refractivity contribution < 1.29 is 19.8 Å². The monoisotopic (exact) mass is 201 g/mol. The Balaban J connectivity index is 3.35. The van der Waals surface area contributed by atoms with Crippen LogP contribution in [0, 0.1) is 0 Å². The molecule has 1 heterocycles. The lowest BCUT2D eigenvalue weighted by atomic mass is 10.2. The van der Waals surface area contributed by atoms with E-state index in [4.69, 9.17) is 21.8 Å². The highest BCUT2D eigenvalue weighted by molar-refractivity contribution is 6.36. The average Bonchev–Trinajstić information content (AvgIpc) is 2.03. The molecule has 0 fully saturated rings. The van der Waals surface area contributed by atoms with Gasteiger partial charge in [-0.2, -0.15) is 0 Å². The van der Waals surface area contributed by atoms with E-state index in [9.17, 15) is 9.59 Å². The lowest BCUT2D eigenvalue weighted by Crippen LogP contribution is -2.05. The summed E-state index contributed by atoms with van der Waals surface area (Å²) in [6.45, 7) is 0. The van der Waals surface area contributed by atoms with Crippen LogP contribution in [0.15, 0.2) is 12.4 Å². The molecule has 13 heavy (non-hydrogen) atoms. The molecule has 2 N–H and O–H groups in total. The lowest BCUT2D eigenvalue weighted by Gasteiger charge is -2.00. The van der Waals surface area contributed by atoms with Gasteiger partial charge >= 0.3 is 11.9 Å². The summed E-state index contributed by atoms with van der Waals surface area (Å²) in [6, 6.07) is 0. The van der Waals surface area contributed by atoms with Crippen molar-refractivity contribution in [2.45, 2.75) is 0 Å². The van der Waals surface area contributed by atoms with Crippen molar-refractivity contribution in [2.75, 3.05) is 0 Å². The number of aromatic carboxylic acids is 2. The van der Waals surface area contributed by atoms with Gasteiger partial charge in [0.25, 0.3) is 0 Å². The van der Waals surface area contributed by atoms with E-state index >= 15 is 0 Å². The maximum Gasteiger partial charge on any atom is 0.338 e. The highest BCUT2D eigenvalue weighted by Gasteiger charge is 2.16. The zero-order chi connectivity index (χ0) is 10.0. The molecule has 1 rings (SSSR count). The number of nitrogens with zero attached hydrogens (tertiary/aromatic N) is 1. The van der Waals surface area contributed by atoms with Gasteiger partial charge in [0.2, 0.25) is 0 Å². The minimum atomic E-state index is -1.30. The summed E-state index contributed by atoms with van der Waals surface area (Å²) in [7, 11) is 0. The van der Waals surface area contributed by atoms with Crippen LogP contribution in [0.25, 0.3) is 0 Å². The molecule has 0 saturated heterocycles. The molecule has 0 unspecified atom stereocenters. The van der Waals surface area contributed by atoms with Crippen LogP contribution in [0.5, 0.6) is 0 Å². The number of halogens is 1. The smallest absolute Gasteiger partial charge is 0.338 e. The van der Waals surface area contributed by atoms with Crippen LogP contribution in [0.1, 0.15) is 20.7 Å². The lowest BCUT2D eigenvalue weighted by molar-refractivity contribution is 0.0696. The van der Waals surface area contributed by atoms with Gasteiger partial charge in [-0.05, 0) is 0 Å². The Morgan fingerprint density at radius 2 is 1.54 bits per heavy atom. The standard InChI is InChI=1S/C7H4ClNO4/c8-5-3(6(10)11)1-9-2-4(5)7(12)13/h1-2H,(H,10,11)(H,12,13). The van der Waals surface area contributed by atoms with Crippen LogP contribution in [0.4, 0.5) is 0 Å². The van der Waals surface area contributed by atoms with Crippen molar-refractivity contribution >= 4 is 23.5 Å². The minimum Gasteiger partial charge on any atom is -0.478 e. The first-order valence-electron chi connectivity index (χ1n) is 3.14. The topological polar surface area (TPSA) is 87.5 Å². The third-order valence-corrected chi connectivity index (χ3v) is 1.75. The molecule has 0 atom stereocenters. The molecule has 0 spiro atoms. The summed E-state index contributed by atoms with van der Waals surface area (Å²) in [6.07, 6.45) is 1.99. The van der Waals surface area contributed by atoms with Crippen LogP contribution >= 0.6 is 11.6 Å². The van der Waals surface area contributed by atoms with Crippen molar-refractivity contribution in [3.63, 3.8) is 0 Å². The molecule has 6 heteroatoms. The number of hydrogen-bond donors (Lipinski definition) is 2. The van der Waals surface area contributed by atoms with Gasteiger partial charge in [0, 0.05) is 12.4 Å². The average molecular weight is 202 g/mol. The van der Waals surface area contributed by atoms with Crippen molar-refractivity contribution in [3.8, 4) is 0 Å². The van der Waals surface area contributed by atoms with E-state index in [0.717, 1.165) is 12.4 Å². The molecule has 0 radical (unpaired) electrons. The van der Waals surface area contributed by atoms with E-state index in [1.54, 1.807) is 0 Å². The Morgan fingerprint density at radius 3 is 1.85 bits per heavy atom. The van der Waals surface area contributed by atoms with Gasteiger partial charge in [-0.15, -0.1) is 0 Å². The van der Waals surface area contributed by atoms with Gasteiger partial charge in [0.15, 0.2) is 0 Å². The van der Waals surface area contributed by atoms with Crippen molar-refractivity contribution in [1.82, 2.24) is 4.98 Å². The quantitative estimate of drug-likeness (QED) is 0.749. The molecule has 1 aromatic rings. The number of carboxylic acids is 2. The zero-order valence-corrected chi connectivity index (χ0v) is 6.95. The first kappa shape index (κ1) is 9.47. The number of pyridine rings is 1. The number of carbonyl (C=O) groups is 2. The Labute approximate surface area is 77.6 Å². The van der Waals surface area contributed by atoms with Crippen LogP contribution in [0.3, 0.4) is 0 Å². The summed E-state index contributed by atoms with van der Waals surface area (Å²) in [5, 5.41) is 16.8. The molecule has 5 nitrogen and oxygen atoms in total. The molecule has 0 amide bonds. The second-order valence-electron chi connectivity index (χ2n) is 2.16. The Hall–Kier alpha value is -1.62. The molecule has 0 aliphatic heterocycles. The summed E-state index contributed by atoms with van der Waals surface area (Å²) in [5.74, 6) is -2.61. The fraction of sp³-hybridized carbons (Fsp3) is 0. The number of hydrogen-bond acceptors (Lipinski definition) is 3. The van der Waals surface area contributed by atoms with E-state index in [-0.39, 0.29) is 16.1 Å². The number of carboxylic acid groups (broad SMARTS) is 2. The van der Waals surface area contributed by atoms with E-state index in [1.165, 1.54) is 0 Å². The molecule has 0 aliphatic rings. The molecule has 0 saturated carbocycles. The second kappa shape index (κ2) is 3.40. The fourth-order valence-electron chi connectivity index (χ4n) is 0.743. The predicted molar refractivity (Wildman–Crippen MR) is 43.2 cm³/mol. The van der Waals surface area contributed by atoms with Gasteiger partial charge in [-0.3, -0.25) is 4.98 Å². The summed E-state index contributed by atoms with van der Waals surface area (Å²) in [5.41, 5.74) is -0.636. The summed E-state index contributed by atoms with van der Waals surface area (Å²) >= 11 is 5.50. The predicted octanol–water partition coefficient (Wildman–Crippen LogP) is 1.13. The fourth-order valence-corrected chi connectivity index (χ4v) is 1.00. The van der Waals surface area contributed by atoms with Crippen molar-refractivity contribution in [3.05, 3.63) is 28.5 Å². The highest BCUT2D eigenvalue weighted by Crippen LogP contribution is 2.19. The van der Waals surface area contributed by atoms with Crippen molar-refractivity contribution in [1.29, 1.82) is 0 Å². The molecular weight excluding hydrogens is 198 g/mol. The van der Waals surface area contributed by atoms with Crippen LogP contribution in [-0.2, 0) is 0 Å². The third kappa shape index (κ3) is 1.75. The third-order valence-electron chi connectivity index (χ3n) is 1.34. The Kier molecular flexibility index (Phi) is 2.48. The zero-order valence-electron chi connectivity index (χ0n) is 6.19. The highest BCUT2D eigenvalue weighted by atomic mass is 35.5. The molecule has 0 aliphatic carbocycles. The molecule has 0 aromatic carbocycles. The second-order valence-corrected chi connectivity index (χ2v) is 2.54. The SMILES string of the molecule is O=C(O)c1cncc(C(=O)O)c1Cl. The molecule has 1 aromatic heterocycles. The van der Waals surface area contributed by atoms with E-state index in [2.05, 4.69) is 4.98 Å². The first-order valence-corrected chi connectivity index (χ1v) is 3.52. The van der Waals surface area contributed by atoms with Gasteiger partial charge < -0.3 is 10.2 Å².